The van der Waals surface area contributed by atoms with E-state index in [4.69, 9.17) is 5.73 Å². The molecule has 2 rings (SSSR count). The molecule has 0 saturated carbocycles. The molecule has 1 heterocycles. The predicted molar refractivity (Wildman–Crippen MR) is 83.6 cm³/mol. The summed E-state index contributed by atoms with van der Waals surface area (Å²) in [7, 11) is 0. The van der Waals surface area contributed by atoms with Crippen molar-refractivity contribution in [1.82, 2.24) is 9.80 Å². The predicted octanol–water partition coefficient (Wildman–Crippen LogP) is 1.72. The maximum Gasteiger partial charge on any atom is 0.0917 e. The highest BCUT2D eigenvalue weighted by Gasteiger charge is 2.27. The Morgan fingerprint density at radius 1 is 1.40 bits per heavy atom. The Morgan fingerprint density at radius 3 is 2.80 bits per heavy atom. The molecule has 0 aliphatic carbocycles. The van der Waals surface area contributed by atoms with E-state index >= 15 is 0 Å². The van der Waals surface area contributed by atoms with Gasteiger partial charge in [-0.05, 0) is 43.8 Å². The van der Waals surface area contributed by atoms with Crippen LogP contribution in [0.15, 0.2) is 24.3 Å². The second-order valence-electron chi connectivity index (χ2n) is 5.61. The molecule has 4 heteroatoms. The van der Waals surface area contributed by atoms with Crippen LogP contribution in [0.1, 0.15) is 31.9 Å². The third-order valence-corrected chi connectivity index (χ3v) is 4.30. The highest BCUT2D eigenvalue weighted by molar-refractivity contribution is 5.41. The molecule has 1 saturated heterocycles. The summed E-state index contributed by atoms with van der Waals surface area (Å²) in [4.78, 5) is 4.86. The molecule has 20 heavy (non-hydrogen) atoms. The van der Waals surface area contributed by atoms with Crippen molar-refractivity contribution in [3.8, 4) is 0 Å². The topological polar surface area (TPSA) is 52.7 Å². The Labute approximate surface area is 122 Å². The number of nitrogens with zero attached hydrogens (tertiary/aromatic N) is 2. The number of anilines is 1. The normalized spacial score (nSPS) is 21.5. The fraction of sp³-hybridized carbons (Fsp3) is 0.625. The van der Waals surface area contributed by atoms with E-state index in [0.717, 1.165) is 31.7 Å². The van der Waals surface area contributed by atoms with Gasteiger partial charge in [0.05, 0.1) is 6.10 Å². The summed E-state index contributed by atoms with van der Waals surface area (Å²) < 4.78 is 0. The monoisotopic (exact) mass is 277 g/mol. The van der Waals surface area contributed by atoms with E-state index in [9.17, 15) is 5.11 Å². The fourth-order valence-corrected chi connectivity index (χ4v) is 3.13. The summed E-state index contributed by atoms with van der Waals surface area (Å²) in [5, 5.41) is 10.3. The van der Waals surface area contributed by atoms with Gasteiger partial charge < -0.3 is 10.8 Å². The Kier molecular flexibility index (Phi) is 5.40. The van der Waals surface area contributed by atoms with Crippen molar-refractivity contribution in [1.29, 1.82) is 0 Å². The van der Waals surface area contributed by atoms with Gasteiger partial charge in [0.2, 0.25) is 0 Å². The van der Waals surface area contributed by atoms with E-state index < -0.39 is 6.10 Å². The van der Waals surface area contributed by atoms with Crippen LogP contribution in [-0.4, -0.2) is 53.7 Å². The molecule has 1 fully saturated rings. The second-order valence-corrected chi connectivity index (χ2v) is 5.61. The van der Waals surface area contributed by atoms with Crippen molar-refractivity contribution in [2.75, 3.05) is 38.5 Å². The molecule has 0 bridgehead atoms. The smallest absolute Gasteiger partial charge is 0.0917 e. The number of nitrogen functional groups attached to an aromatic ring is 1. The summed E-state index contributed by atoms with van der Waals surface area (Å²) in [6.45, 7) is 9.46. The van der Waals surface area contributed by atoms with E-state index in [2.05, 4.69) is 23.6 Å². The zero-order valence-electron chi connectivity index (χ0n) is 12.6. The molecular formula is C16H27N3O. The van der Waals surface area contributed by atoms with Gasteiger partial charge >= 0.3 is 0 Å². The lowest BCUT2D eigenvalue weighted by molar-refractivity contribution is 0.119. The summed E-state index contributed by atoms with van der Waals surface area (Å²) in [6, 6.07) is 8.19. The number of likely N-dealkylation sites (tertiary alicyclic amines) is 1. The van der Waals surface area contributed by atoms with Crippen molar-refractivity contribution < 1.29 is 5.11 Å². The largest absolute Gasteiger partial charge is 0.399 e. The van der Waals surface area contributed by atoms with E-state index in [1.165, 1.54) is 6.42 Å². The number of rotatable bonds is 6. The number of likely N-dealkylation sites (N-methyl/N-ethyl adjacent to an activating group) is 1. The highest BCUT2D eigenvalue weighted by Crippen LogP contribution is 2.21. The van der Waals surface area contributed by atoms with Crippen LogP contribution in [0, 0.1) is 0 Å². The van der Waals surface area contributed by atoms with Gasteiger partial charge in [-0.2, -0.15) is 0 Å². The zero-order valence-corrected chi connectivity index (χ0v) is 12.6. The van der Waals surface area contributed by atoms with Crippen molar-refractivity contribution >= 4 is 5.69 Å². The van der Waals surface area contributed by atoms with Gasteiger partial charge in [-0.3, -0.25) is 9.80 Å². The number of aliphatic hydroxyl groups excluding tert-OH is 1. The molecule has 0 radical (unpaired) electrons. The fourth-order valence-electron chi connectivity index (χ4n) is 3.13. The van der Waals surface area contributed by atoms with E-state index in [0.29, 0.717) is 18.3 Å². The Bertz CT molecular complexity index is 420. The van der Waals surface area contributed by atoms with Gasteiger partial charge in [0.25, 0.3) is 0 Å². The molecule has 2 atom stereocenters. The van der Waals surface area contributed by atoms with Gasteiger partial charge in [0, 0.05) is 24.8 Å². The summed E-state index contributed by atoms with van der Waals surface area (Å²) >= 11 is 0. The molecule has 112 valence electrons. The van der Waals surface area contributed by atoms with Crippen LogP contribution in [0.25, 0.3) is 0 Å². The standard InChI is InChI=1S/C16H27N3O/c1-3-19(4-2)15-8-9-18(11-15)12-16(20)13-6-5-7-14(17)10-13/h5-7,10,15-16,20H,3-4,8-9,11-12,17H2,1-2H3. The first-order valence-corrected chi connectivity index (χ1v) is 7.64. The maximum atomic E-state index is 10.3. The number of benzene rings is 1. The third kappa shape index (κ3) is 3.72. The SMILES string of the molecule is CCN(CC)C1CCN(CC(O)c2cccc(N)c2)C1. The highest BCUT2D eigenvalue weighted by atomic mass is 16.3. The molecule has 1 aliphatic heterocycles. The first-order chi connectivity index (χ1) is 9.63. The minimum atomic E-state index is -0.450. The van der Waals surface area contributed by atoms with Crippen LogP contribution in [0.3, 0.4) is 0 Å². The van der Waals surface area contributed by atoms with Crippen molar-refractivity contribution in [3.63, 3.8) is 0 Å². The van der Waals surface area contributed by atoms with Crippen LogP contribution in [0.5, 0.6) is 0 Å². The molecule has 0 spiro atoms. The molecule has 3 N–H and O–H groups in total. The Morgan fingerprint density at radius 2 is 2.15 bits per heavy atom. The number of nitrogens with two attached hydrogens (primary N) is 1. The number of aliphatic hydroxyl groups is 1. The summed E-state index contributed by atoms with van der Waals surface area (Å²) in [5.74, 6) is 0. The van der Waals surface area contributed by atoms with E-state index in [1.54, 1.807) is 0 Å². The van der Waals surface area contributed by atoms with E-state index in [1.807, 2.05) is 24.3 Å². The quantitative estimate of drug-likeness (QED) is 0.777. The van der Waals surface area contributed by atoms with Crippen molar-refractivity contribution in [2.24, 2.45) is 0 Å². The molecule has 1 aromatic carbocycles. The number of β-amino-alcohol motifs (C(OH)–C–C–N with tert-alkyl or cyclic N) is 1. The van der Waals surface area contributed by atoms with Gasteiger partial charge in [-0.25, -0.2) is 0 Å². The summed E-state index contributed by atoms with van der Waals surface area (Å²) in [5.41, 5.74) is 7.40. The number of hydrogen-bond acceptors (Lipinski definition) is 4. The molecular weight excluding hydrogens is 250 g/mol. The average molecular weight is 277 g/mol. The minimum absolute atomic E-state index is 0.450. The van der Waals surface area contributed by atoms with Gasteiger partial charge in [-0.1, -0.05) is 26.0 Å². The lowest BCUT2D eigenvalue weighted by Crippen LogP contribution is -2.38. The first-order valence-electron chi connectivity index (χ1n) is 7.64. The van der Waals surface area contributed by atoms with E-state index in [-0.39, 0.29) is 0 Å². The van der Waals surface area contributed by atoms with Gasteiger partial charge in [-0.15, -0.1) is 0 Å². The maximum absolute atomic E-state index is 10.3. The Balaban J connectivity index is 1.88. The van der Waals surface area contributed by atoms with Gasteiger partial charge in [0.15, 0.2) is 0 Å². The van der Waals surface area contributed by atoms with Crippen LogP contribution in [-0.2, 0) is 0 Å². The molecule has 0 amide bonds. The van der Waals surface area contributed by atoms with Gasteiger partial charge in [0.1, 0.15) is 0 Å². The lowest BCUT2D eigenvalue weighted by Gasteiger charge is -2.26. The van der Waals surface area contributed by atoms with Crippen molar-refractivity contribution in [3.05, 3.63) is 29.8 Å². The zero-order chi connectivity index (χ0) is 14.5. The molecule has 1 aliphatic rings. The molecule has 4 nitrogen and oxygen atoms in total. The molecule has 1 aromatic rings. The molecule has 0 aromatic heterocycles. The molecule has 2 unspecified atom stereocenters. The average Bonchev–Trinajstić information content (AvgIpc) is 2.88. The number of hydrogen-bond donors (Lipinski definition) is 2. The Hall–Kier alpha value is -1.10. The third-order valence-electron chi connectivity index (χ3n) is 4.30. The minimum Gasteiger partial charge on any atom is -0.399 e. The second kappa shape index (κ2) is 7.07. The van der Waals surface area contributed by atoms with Crippen LogP contribution in [0.2, 0.25) is 0 Å². The van der Waals surface area contributed by atoms with Crippen LogP contribution in [0.4, 0.5) is 5.69 Å². The first kappa shape index (κ1) is 15.3. The van der Waals surface area contributed by atoms with Crippen molar-refractivity contribution in [2.45, 2.75) is 32.4 Å². The van der Waals surface area contributed by atoms with Crippen LogP contribution < -0.4 is 5.73 Å². The van der Waals surface area contributed by atoms with Crippen LogP contribution >= 0.6 is 0 Å². The lowest BCUT2D eigenvalue weighted by atomic mass is 10.1. The summed E-state index contributed by atoms with van der Waals surface area (Å²) in [6.07, 6.45) is 0.750.